The van der Waals surface area contributed by atoms with Crippen molar-refractivity contribution >= 4 is 33.1 Å². The van der Waals surface area contributed by atoms with Gasteiger partial charge in [-0.25, -0.2) is 9.97 Å². The van der Waals surface area contributed by atoms with Crippen LogP contribution in [-0.2, 0) is 6.54 Å². The van der Waals surface area contributed by atoms with E-state index in [1.165, 1.54) is 4.88 Å². The van der Waals surface area contributed by atoms with E-state index in [-0.39, 0.29) is 0 Å². The molecule has 0 atom stereocenters. The summed E-state index contributed by atoms with van der Waals surface area (Å²) in [5.74, 6) is 2.19. The molecule has 2 heterocycles. The van der Waals surface area contributed by atoms with Crippen molar-refractivity contribution in [2.24, 2.45) is 0 Å². The first-order valence-electron chi connectivity index (χ1n) is 6.81. The highest BCUT2D eigenvalue weighted by molar-refractivity contribution is 9.10. The summed E-state index contributed by atoms with van der Waals surface area (Å²) in [4.78, 5) is 12.8. The molecule has 0 fully saturated rings. The zero-order valence-electron chi connectivity index (χ0n) is 12.3. The lowest BCUT2D eigenvalue weighted by molar-refractivity contribution is 0.664. The highest BCUT2D eigenvalue weighted by atomic mass is 79.9. The van der Waals surface area contributed by atoms with Crippen LogP contribution < -0.4 is 4.90 Å². The first-order chi connectivity index (χ1) is 9.47. The lowest BCUT2D eigenvalue weighted by atomic mass is 10.2. The van der Waals surface area contributed by atoms with E-state index in [2.05, 4.69) is 71.0 Å². The monoisotopic (exact) mass is 353 g/mol. The summed E-state index contributed by atoms with van der Waals surface area (Å²) in [5, 5.41) is 2.11. The normalized spacial score (nSPS) is 11.3. The van der Waals surface area contributed by atoms with Crippen LogP contribution in [0.3, 0.4) is 0 Å². The summed E-state index contributed by atoms with van der Waals surface area (Å²) in [7, 11) is 0. The van der Waals surface area contributed by atoms with Gasteiger partial charge in [-0.05, 0) is 41.2 Å². The summed E-state index contributed by atoms with van der Waals surface area (Å²) < 4.78 is 0.850. The fraction of sp³-hybridized carbons (Fsp3) is 0.467. The first kappa shape index (κ1) is 15.4. The second kappa shape index (κ2) is 6.68. The van der Waals surface area contributed by atoms with Crippen LogP contribution in [0.4, 0.5) is 5.82 Å². The molecule has 3 nitrogen and oxygen atoms in total. The lowest BCUT2D eigenvalue weighted by Crippen LogP contribution is -2.31. The highest BCUT2D eigenvalue weighted by Gasteiger charge is 2.16. The van der Waals surface area contributed by atoms with Crippen molar-refractivity contribution in [2.45, 2.75) is 46.2 Å². The van der Waals surface area contributed by atoms with E-state index in [1.807, 2.05) is 6.07 Å². The molecule has 0 bridgehead atoms. The number of anilines is 1. The number of hydrogen-bond donors (Lipinski definition) is 0. The van der Waals surface area contributed by atoms with Crippen LogP contribution in [0.5, 0.6) is 0 Å². The minimum atomic E-state index is 0.321. The first-order valence-corrected chi connectivity index (χ1v) is 8.48. The van der Waals surface area contributed by atoms with Gasteiger partial charge in [-0.2, -0.15) is 0 Å². The van der Waals surface area contributed by atoms with Gasteiger partial charge >= 0.3 is 0 Å². The number of nitrogens with zero attached hydrogens (tertiary/aromatic N) is 3. The van der Waals surface area contributed by atoms with Gasteiger partial charge in [0.25, 0.3) is 0 Å². The van der Waals surface area contributed by atoms with Crippen molar-refractivity contribution in [3.63, 3.8) is 0 Å². The molecular weight excluding hydrogens is 334 g/mol. The van der Waals surface area contributed by atoms with Crippen molar-refractivity contribution in [1.82, 2.24) is 9.97 Å². The zero-order valence-corrected chi connectivity index (χ0v) is 14.7. The van der Waals surface area contributed by atoms with Crippen molar-refractivity contribution in [1.29, 1.82) is 0 Å². The summed E-state index contributed by atoms with van der Waals surface area (Å²) >= 11 is 5.28. The summed E-state index contributed by atoms with van der Waals surface area (Å²) in [6, 6.07) is 6.64. The number of rotatable bonds is 5. The third kappa shape index (κ3) is 3.79. The van der Waals surface area contributed by atoms with E-state index in [4.69, 9.17) is 4.98 Å². The van der Waals surface area contributed by atoms with E-state index < -0.39 is 0 Å². The minimum absolute atomic E-state index is 0.321. The maximum Gasteiger partial charge on any atom is 0.134 e. The number of hydrogen-bond acceptors (Lipinski definition) is 4. The Bertz CT molecular complexity index is 552. The fourth-order valence-corrected chi connectivity index (χ4v) is 3.02. The third-order valence-electron chi connectivity index (χ3n) is 3.04. The van der Waals surface area contributed by atoms with E-state index in [0.29, 0.717) is 12.0 Å². The molecule has 0 aromatic carbocycles. The van der Waals surface area contributed by atoms with Crippen LogP contribution in [0, 0.1) is 0 Å². The molecule has 0 amide bonds. The summed E-state index contributed by atoms with van der Waals surface area (Å²) in [5.41, 5.74) is 0. The van der Waals surface area contributed by atoms with Gasteiger partial charge in [-0.15, -0.1) is 11.3 Å². The second-order valence-electron chi connectivity index (χ2n) is 5.36. The molecule has 2 aromatic heterocycles. The number of halogens is 1. The molecule has 0 saturated heterocycles. The van der Waals surface area contributed by atoms with Gasteiger partial charge in [-0.3, -0.25) is 0 Å². The van der Waals surface area contributed by atoms with Gasteiger partial charge in [0.15, 0.2) is 0 Å². The highest BCUT2D eigenvalue weighted by Crippen LogP contribution is 2.24. The van der Waals surface area contributed by atoms with E-state index in [0.717, 1.165) is 22.8 Å². The molecule has 2 aromatic rings. The molecule has 0 N–H and O–H groups in total. The lowest BCUT2D eigenvalue weighted by Gasteiger charge is -2.28. The summed E-state index contributed by atoms with van der Waals surface area (Å²) in [6.45, 7) is 9.50. The Hall–Kier alpha value is -0.940. The standard InChI is InChI=1S/C15H20BrN3S/c1-10(2)15-17-13(16)8-14(18-15)19(11(3)4)9-12-6-5-7-20-12/h5-8,10-11H,9H2,1-4H3. The SMILES string of the molecule is CC(C)c1nc(Br)cc(N(Cc2cccs2)C(C)C)n1. The Balaban J connectivity index is 2.33. The van der Waals surface area contributed by atoms with Gasteiger partial charge < -0.3 is 4.90 Å². The number of aromatic nitrogens is 2. The van der Waals surface area contributed by atoms with Crippen LogP contribution in [0.15, 0.2) is 28.2 Å². The van der Waals surface area contributed by atoms with Gasteiger partial charge in [0.1, 0.15) is 16.2 Å². The Morgan fingerprint density at radius 1 is 1.25 bits per heavy atom. The van der Waals surface area contributed by atoms with E-state index in [9.17, 15) is 0 Å². The predicted molar refractivity (Wildman–Crippen MR) is 89.5 cm³/mol. The van der Waals surface area contributed by atoms with E-state index >= 15 is 0 Å². The van der Waals surface area contributed by atoms with Crippen LogP contribution in [0.2, 0.25) is 0 Å². The predicted octanol–water partition coefficient (Wildman–Crippen LogP) is 4.84. The average Bonchev–Trinajstić information content (AvgIpc) is 2.87. The third-order valence-corrected chi connectivity index (χ3v) is 4.31. The van der Waals surface area contributed by atoms with Gasteiger partial charge in [0, 0.05) is 22.9 Å². The molecule has 5 heteroatoms. The quantitative estimate of drug-likeness (QED) is 0.720. The average molecular weight is 354 g/mol. The molecular formula is C15H20BrN3S. The molecule has 0 unspecified atom stereocenters. The van der Waals surface area contributed by atoms with Crippen LogP contribution >= 0.6 is 27.3 Å². The molecule has 0 spiro atoms. The maximum absolute atomic E-state index is 4.72. The molecule has 2 rings (SSSR count). The Labute approximate surface area is 133 Å². The molecule has 20 heavy (non-hydrogen) atoms. The largest absolute Gasteiger partial charge is 0.349 e. The van der Waals surface area contributed by atoms with Crippen LogP contribution in [0.1, 0.15) is 44.3 Å². The van der Waals surface area contributed by atoms with Crippen LogP contribution in [-0.4, -0.2) is 16.0 Å². The zero-order chi connectivity index (χ0) is 14.7. The van der Waals surface area contributed by atoms with Crippen molar-refractivity contribution < 1.29 is 0 Å². The van der Waals surface area contributed by atoms with Gasteiger partial charge in [-0.1, -0.05) is 19.9 Å². The summed E-state index contributed by atoms with van der Waals surface area (Å²) in [6.07, 6.45) is 0. The molecule has 0 aliphatic heterocycles. The maximum atomic E-state index is 4.72. The molecule has 0 aliphatic carbocycles. The van der Waals surface area contributed by atoms with Crippen molar-refractivity contribution in [3.8, 4) is 0 Å². The Morgan fingerprint density at radius 2 is 2.00 bits per heavy atom. The molecule has 0 saturated carbocycles. The fourth-order valence-electron chi connectivity index (χ4n) is 1.93. The molecule has 108 valence electrons. The smallest absolute Gasteiger partial charge is 0.134 e. The van der Waals surface area contributed by atoms with Gasteiger partial charge in [0.2, 0.25) is 0 Å². The van der Waals surface area contributed by atoms with Gasteiger partial charge in [0.05, 0.1) is 6.54 Å². The number of thiophene rings is 1. The topological polar surface area (TPSA) is 29.0 Å². The Kier molecular flexibility index (Phi) is 5.16. The second-order valence-corrected chi connectivity index (χ2v) is 7.21. The Morgan fingerprint density at radius 3 is 2.55 bits per heavy atom. The molecule has 0 radical (unpaired) electrons. The molecule has 0 aliphatic rings. The minimum Gasteiger partial charge on any atom is -0.349 e. The van der Waals surface area contributed by atoms with E-state index in [1.54, 1.807) is 11.3 Å². The van der Waals surface area contributed by atoms with Crippen molar-refractivity contribution in [3.05, 3.63) is 38.9 Å². The van der Waals surface area contributed by atoms with Crippen molar-refractivity contribution in [2.75, 3.05) is 4.90 Å². The van der Waals surface area contributed by atoms with Crippen LogP contribution in [0.25, 0.3) is 0 Å².